The van der Waals surface area contributed by atoms with Crippen LogP contribution in [0.25, 0.3) is 6.08 Å². The molecule has 1 atom stereocenters. The highest BCUT2D eigenvalue weighted by Gasteiger charge is 2.38. The van der Waals surface area contributed by atoms with Crippen LogP contribution in [0, 0.1) is 5.82 Å². The molecule has 90 valence electrons. The SMILES string of the molecule is O=C(O)C(O)C1=Cc2cccc(F)c2S1(=O)=O. The summed E-state index contributed by atoms with van der Waals surface area (Å²) in [5.74, 6) is -2.67. The van der Waals surface area contributed by atoms with Crippen LogP contribution in [0.2, 0.25) is 0 Å². The second-order valence-electron chi connectivity index (χ2n) is 3.45. The molecule has 0 aliphatic carbocycles. The number of aliphatic carboxylic acids is 1. The molecule has 1 aromatic carbocycles. The molecule has 17 heavy (non-hydrogen) atoms. The summed E-state index contributed by atoms with van der Waals surface area (Å²) >= 11 is 0. The van der Waals surface area contributed by atoms with E-state index in [9.17, 15) is 22.7 Å². The van der Waals surface area contributed by atoms with Gasteiger partial charge in [-0.05, 0) is 17.7 Å². The summed E-state index contributed by atoms with van der Waals surface area (Å²) in [5.41, 5.74) is 0.0419. The van der Waals surface area contributed by atoms with E-state index in [1.807, 2.05) is 0 Å². The van der Waals surface area contributed by atoms with E-state index in [1.54, 1.807) is 0 Å². The van der Waals surface area contributed by atoms with E-state index in [-0.39, 0.29) is 5.56 Å². The van der Waals surface area contributed by atoms with Crippen molar-refractivity contribution in [1.82, 2.24) is 0 Å². The Balaban J connectivity index is 2.66. The zero-order chi connectivity index (χ0) is 12.8. The Morgan fingerprint density at radius 1 is 1.35 bits per heavy atom. The maximum Gasteiger partial charge on any atom is 0.337 e. The predicted molar refractivity (Wildman–Crippen MR) is 55.2 cm³/mol. The van der Waals surface area contributed by atoms with Crippen LogP contribution in [0.3, 0.4) is 0 Å². The molecule has 2 N–H and O–H groups in total. The van der Waals surface area contributed by atoms with E-state index in [4.69, 9.17) is 5.11 Å². The van der Waals surface area contributed by atoms with Gasteiger partial charge in [-0.15, -0.1) is 0 Å². The fraction of sp³-hybridized carbons (Fsp3) is 0.100. The van der Waals surface area contributed by atoms with Crippen molar-refractivity contribution in [3.8, 4) is 0 Å². The molecule has 0 saturated heterocycles. The lowest BCUT2D eigenvalue weighted by Crippen LogP contribution is -2.25. The van der Waals surface area contributed by atoms with Crippen LogP contribution in [0.5, 0.6) is 0 Å². The highest BCUT2D eigenvalue weighted by atomic mass is 32.2. The summed E-state index contributed by atoms with van der Waals surface area (Å²) in [4.78, 5) is 9.26. The first kappa shape index (κ1) is 11.7. The Morgan fingerprint density at radius 2 is 2.00 bits per heavy atom. The minimum Gasteiger partial charge on any atom is -0.479 e. The molecule has 1 unspecified atom stereocenters. The van der Waals surface area contributed by atoms with E-state index >= 15 is 0 Å². The van der Waals surface area contributed by atoms with Gasteiger partial charge in [0.25, 0.3) is 0 Å². The Bertz CT molecular complexity index is 632. The maximum absolute atomic E-state index is 13.4. The van der Waals surface area contributed by atoms with Crippen LogP contribution < -0.4 is 0 Å². The molecular formula is C10H7FO5S. The molecule has 0 saturated carbocycles. The van der Waals surface area contributed by atoms with Crippen LogP contribution in [0.4, 0.5) is 4.39 Å². The van der Waals surface area contributed by atoms with E-state index in [0.717, 1.165) is 12.1 Å². The zero-order valence-electron chi connectivity index (χ0n) is 8.29. The zero-order valence-corrected chi connectivity index (χ0v) is 9.11. The Hall–Kier alpha value is -1.73. The minimum absolute atomic E-state index is 0.0419. The molecule has 0 bridgehead atoms. The third kappa shape index (κ3) is 1.63. The number of carbonyl (C=O) groups is 1. The monoisotopic (exact) mass is 258 g/mol. The number of carboxylic acids is 1. The van der Waals surface area contributed by atoms with Crippen LogP contribution in [-0.4, -0.2) is 30.7 Å². The summed E-state index contributed by atoms with van der Waals surface area (Å²) in [6.45, 7) is 0. The van der Waals surface area contributed by atoms with Gasteiger partial charge in [-0.25, -0.2) is 17.6 Å². The second-order valence-corrected chi connectivity index (χ2v) is 5.34. The first-order valence-electron chi connectivity index (χ1n) is 4.52. The average molecular weight is 258 g/mol. The smallest absolute Gasteiger partial charge is 0.337 e. The lowest BCUT2D eigenvalue weighted by molar-refractivity contribution is -0.144. The average Bonchev–Trinajstić information content (AvgIpc) is 2.50. The highest BCUT2D eigenvalue weighted by molar-refractivity contribution is 7.96. The van der Waals surface area contributed by atoms with Crippen molar-refractivity contribution in [2.24, 2.45) is 0 Å². The first-order valence-corrected chi connectivity index (χ1v) is 6.00. The number of halogens is 1. The number of rotatable bonds is 2. The van der Waals surface area contributed by atoms with Gasteiger partial charge in [0.1, 0.15) is 10.7 Å². The summed E-state index contributed by atoms with van der Waals surface area (Å²) < 4.78 is 37.0. The van der Waals surface area contributed by atoms with Crippen molar-refractivity contribution in [2.75, 3.05) is 0 Å². The normalized spacial score (nSPS) is 18.4. The number of hydrogen-bond acceptors (Lipinski definition) is 4. The van der Waals surface area contributed by atoms with Gasteiger partial charge in [-0.2, -0.15) is 0 Å². The van der Waals surface area contributed by atoms with Crippen LogP contribution in [0.15, 0.2) is 28.0 Å². The number of carboxylic acid groups (broad SMARTS) is 1. The van der Waals surface area contributed by atoms with Crippen molar-refractivity contribution < 1.29 is 27.8 Å². The Labute approximate surface area is 95.7 Å². The van der Waals surface area contributed by atoms with Gasteiger partial charge in [0, 0.05) is 0 Å². The van der Waals surface area contributed by atoms with E-state index in [0.29, 0.717) is 0 Å². The molecule has 2 rings (SSSR count). The molecule has 0 radical (unpaired) electrons. The maximum atomic E-state index is 13.4. The number of aliphatic hydroxyl groups is 1. The molecule has 0 amide bonds. The van der Waals surface area contributed by atoms with Crippen molar-refractivity contribution in [3.63, 3.8) is 0 Å². The highest BCUT2D eigenvalue weighted by Crippen LogP contribution is 2.36. The second kappa shape index (κ2) is 3.64. The van der Waals surface area contributed by atoms with Gasteiger partial charge >= 0.3 is 5.97 Å². The van der Waals surface area contributed by atoms with Crippen LogP contribution in [-0.2, 0) is 14.6 Å². The topological polar surface area (TPSA) is 91.7 Å². The van der Waals surface area contributed by atoms with E-state index in [2.05, 4.69) is 0 Å². The van der Waals surface area contributed by atoms with Crippen molar-refractivity contribution in [1.29, 1.82) is 0 Å². The Morgan fingerprint density at radius 3 is 2.53 bits per heavy atom. The molecular weight excluding hydrogens is 251 g/mol. The predicted octanol–water partition coefficient (Wildman–Crippen LogP) is 0.399. The van der Waals surface area contributed by atoms with Crippen LogP contribution >= 0.6 is 0 Å². The van der Waals surface area contributed by atoms with E-state index < -0.39 is 37.5 Å². The Kier molecular flexibility index (Phi) is 2.52. The number of fused-ring (bicyclic) bond motifs is 1. The minimum atomic E-state index is -4.27. The number of benzene rings is 1. The number of aliphatic hydroxyl groups excluding tert-OH is 1. The largest absolute Gasteiger partial charge is 0.479 e. The van der Waals surface area contributed by atoms with Gasteiger partial charge in [-0.3, -0.25) is 0 Å². The lowest BCUT2D eigenvalue weighted by Gasteiger charge is -2.07. The van der Waals surface area contributed by atoms with Crippen molar-refractivity contribution in [2.45, 2.75) is 11.0 Å². The number of hydrogen-bond donors (Lipinski definition) is 2. The van der Waals surface area contributed by atoms with Gasteiger partial charge < -0.3 is 10.2 Å². The lowest BCUT2D eigenvalue weighted by atomic mass is 10.2. The van der Waals surface area contributed by atoms with Crippen molar-refractivity contribution in [3.05, 3.63) is 34.5 Å². The molecule has 0 fully saturated rings. The molecule has 1 aliphatic heterocycles. The summed E-state index contributed by atoms with van der Waals surface area (Å²) in [6, 6.07) is 3.59. The molecule has 0 spiro atoms. The van der Waals surface area contributed by atoms with Gasteiger partial charge in [0.2, 0.25) is 9.84 Å². The quantitative estimate of drug-likeness (QED) is 0.801. The molecule has 5 nitrogen and oxygen atoms in total. The first-order chi connectivity index (χ1) is 7.85. The van der Waals surface area contributed by atoms with Gasteiger partial charge in [0.05, 0.1) is 4.91 Å². The summed E-state index contributed by atoms with van der Waals surface area (Å²) in [5, 5.41) is 17.8. The third-order valence-electron chi connectivity index (χ3n) is 2.38. The fourth-order valence-corrected chi connectivity index (χ4v) is 3.29. The molecule has 1 heterocycles. The van der Waals surface area contributed by atoms with Gasteiger partial charge in [-0.1, -0.05) is 12.1 Å². The molecule has 1 aliphatic rings. The van der Waals surface area contributed by atoms with Gasteiger partial charge in [0.15, 0.2) is 6.10 Å². The molecule has 0 aromatic heterocycles. The van der Waals surface area contributed by atoms with E-state index in [1.165, 1.54) is 12.1 Å². The molecule has 7 heteroatoms. The fourth-order valence-electron chi connectivity index (χ4n) is 1.62. The summed E-state index contributed by atoms with van der Waals surface area (Å²) in [6.07, 6.45) is -1.22. The van der Waals surface area contributed by atoms with Crippen molar-refractivity contribution >= 4 is 21.9 Å². The third-order valence-corrected chi connectivity index (χ3v) is 4.31. The van der Waals surface area contributed by atoms with Crippen LogP contribution in [0.1, 0.15) is 5.56 Å². The number of sulfone groups is 1. The molecule has 1 aromatic rings. The summed E-state index contributed by atoms with van der Waals surface area (Å²) in [7, 11) is -4.27. The standard InChI is InChI=1S/C10H7FO5S/c11-6-3-1-2-5-4-7(8(12)10(13)14)17(15,16)9(5)6/h1-4,8,12H,(H,13,14).